The van der Waals surface area contributed by atoms with Crippen LogP contribution >= 0.6 is 57.9 Å². The second kappa shape index (κ2) is 11.2. The molecule has 1 unspecified atom stereocenters. The Morgan fingerprint density at radius 1 is 1.31 bits per heavy atom. The normalized spacial score (nSPS) is 18.2. The van der Waals surface area contributed by atoms with Gasteiger partial charge in [0.05, 0.1) is 11.8 Å². The standard InChI is InChI=1S/C18H17Cl3N4O8S2/c1-7(26)31-3-8-4-34-11-2-10(27)25(11)12(8)15(29)33-13(14(22)28)9-5-35-16(23-9)24-17(30)32-6-18(19,20)21/h5,11,13H,2-4,6H2,1H3,(H2,22,28)(H,23,24,30)/t11-,13?/m1/s1. The van der Waals surface area contributed by atoms with E-state index in [1.807, 2.05) is 0 Å². The van der Waals surface area contributed by atoms with Crippen molar-refractivity contribution in [3.05, 3.63) is 22.3 Å². The first-order valence-corrected chi connectivity index (χ1v) is 12.7. The molecule has 2 aliphatic rings. The third-order valence-corrected chi connectivity index (χ3v) is 6.81. The van der Waals surface area contributed by atoms with Crippen LogP contribution in [0.25, 0.3) is 0 Å². The number of carbonyl (C=O) groups excluding carboxylic acids is 5. The molecule has 3 amide bonds. The molecule has 0 aromatic carbocycles. The van der Waals surface area contributed by atoms with Gasteiger partial charge in [0.1, 0.15) is 24.6 Å². The number of amides is 3. The smallest absolute Gasteiger partial charge is 0.413 e. The zero-order valence-electron chi connectivity index (χ0n) is 17.7. The van der Waals surface area contributed by atoms with Crippen molar-refractivity contribution < 1.29 is 38.2 Å². The summed E-state index contributed by atoms with van der Waals surface area (Å²) in [6.45, 7) is 0.449. The number of aromatic nitrogens is 1. The van der Waals surface area contributed by atoms with Gasteiger partial charge in [0.2, 0.25) is 15.8 Å². The molecule has 1 aromatic heterocycles. The van der Waals surface area contributed by atoms with Gasteiger partial charge in [0.25, 0.3) is 5.91 Å². The highest BCUT2D eigenvalue weighted by molar-refractivity contribution is 8.00. The summed E-state index contributed by atoms with van der Waals surface area (Å²) in [5, 5.41) is 3.31. The van der Waals surface area contributed by atoms with Crippen molar-refractivity contribution in [2.75, 3.05) is 24.3 Å². The van der Waals surface area contributed by atoms with Crippen molar-refractivity contribution in [2.45, 2.75) is 28.6 Å². The molecule has 12 nitrogen and oxygen atoms in total. The van der Waals surface area contributed by atoms with E-state index in [1.54, 1.807) is 0 Å². The maximum Gasteiger partial charge on any atom is 0.413 e. The van der Waals surface area contributed by atoms with E-state index in [0.29, 0.717) is 11.3 Å². The Labute approximate surface area is 221 Å². The summed E-state index contributed by atoms with van der Waals surface area (Å²) in [4.78, 5) is 65.6. The fraction of sp³-hybridized carbons (Fsp3) is 0.444. The molecule has 0 radical (unpaired) electrons. The van der Waals surface area contributed by atoms with Gasteiger partial charge >= 0.3 is 18.0 Å². The van der Waals surface area contributed by atoms with E-state index < -0.39 is 40.4 Å². The van der Waals surface area contributed by atoms with Gasteiger partial charge in [0.15, 0.2) is 5.13 Å². The van der Waals surface area contributed by atoms with E-state index in [4.69, 9.17) is 54.7 Å². The van der Waals surface area contributed by atoms with Crippen molar-refractivity contribution in [3.63, 3.8) is 0 Å². The van der Waals surface area contributed by atoms with Gasteiger partial charge in [-0.15, -0.1) is 23.1 Å². The van der Waals surface area contributed by atoms with E-state index in [2.05, 4.69) is 10.3 Å². The number of carbonyl (C=O) groups is 5. The van der Waals surface area contributed by atoms with Crippen LogP contribution in [0.4, 0.5) is 9.93 Å². The average Bonchev–Trinajstić information content (AvgIpc) is 3.20. The maximum absolute atomic E-state index is 13.1. The summed E-state index contributed by atoms with van der Waals surface area (Å²) >= 11 is 18.8. The monoisotopic (exact) mass is 586 g/mol. The van der Waals surface area contributed by atoms with Gasteiger partial charge in [-0.2, -0.15) is 0 Å². The number of β-lactam (4-membered cyclic amide) rings is 1. The number of thioether (sulfide) groups is 1. The van der Waals surface area contributed by atoms with E-state index >= 15 is 0 Å². The zero-order valence-corrected chi connectivity index (χ0v) is 21.6. The van der Waals surface area contributed by atoms with Gasteiger partial charge in [-0.05, 0) is 0 Å². The Kier molecular flexibility index (Phi) is 8.75. The van der Waals surface area contributed by atoms with Crippen LogP contribution < -0.4 is 11.1 Å². The first-order chi connectivity index (χ1) is 16.4. The number of nitrogens with zero attached hydrogens (tertiary/aromatic N) is 2. The molecule has 1 aromatic rings. The van der Waals surface area contributed by atoms with Gasteiger partial charge in [-0.25, -0.2) is 14.6 Å². The third kappa shape index (κ3) is 7.13. The number of hydrogen-bond donors (Lipinski definition) is 2. The molecule has 3 heterocycles. The minimum absolute atomic E-state index is 0.0153. The second-order valence-corrected chi connectivity index (χ2v) is 11.6. The molecule has 3 N–H and O–H groups in total. The van der Waals surface area contributed by atoms with E-state index in [-0.39, 0.29) is 40.8 Å². The number of hydrogen-bond acceptors (Lipinski definition) is 11. The molecule has 0 bridgehead atoms. The van der Waals surface area contributed by atoms with Crippen LogP contribution in [0.1, 0.15) is 25.1 Å². The maximum atomic E-state index is 13.1. The molecule has 0 spiro atoms. The number of halogens is 3. The molecule has 0 aliphatic carbocycles. The quantitative estimate of drug-likeness (QED) is 0.199. The number of primary amides is 1. The fourth-order valence-corrected chi connectivity index (χ4v) is 5.05. The predicted octanol–water partition coefficient (Wildman–Crippen LogP) is 2.25. The number of esters is 2. The van der Waals surface area contributed by atoms with Crippen molar-refractivity contribution >= 4 is 92.9 Å². The Hall–Kier alpha value is -2.26. The minimum atomic E-state index is -1.81. The molecule has 2 aliphatic heterocycles. The minimum Gasteiger partial charge on any atom is -0.461 e. The summed E-state index contributed by atoms with van der Waals surface area (Å²) in [5.74, 6) is -2.64. The Bertz CT molecular complexity index is 1090. The number of alkyl halides is 3. The fourth-order valence-electron chi connectivity index (χ4n) is 2.93. The summed E-state index contributed by atoms with van der Waals surface area (Å²) in [6, 6.07) is 0. The number of nitrogens with two attached hydrogens (primary N) is 1. The van der Waals surface area contributed by atoms with Crippen LogP contribution in [-0.4, -0.2) is 67.9 Å². The van der Waals surface area contributed by atoms with Gasteiger partial charge in [-0.3, -0.25) is 24.6 Å². The summed E-state index contributed by atoms with van der Waals surface area (Å²) in [7, 11) is 0. The molecule has 1 saturated heterocycles. The number of anilines is 1. The molecule has 1 fully saturated rings. The lowest BCUT2D eigenvalue weighted by Crippen LogP contribution is -2.54. The van der Waals surface area contributed by atoms with Crippen molar-refractivity contribution in [1.29, 1.82) is 0 Å². The lowest BCUT2D eigenvalue weighted by molar-refractivity contribution is -0.157. The van der Waals surface area contributed by atoms with Gasteiger partial charge < -0.3 is 19.9 Å². The highest BCUT2D eigenvalue weighted by Gasteiger charge is 2.46. The average molecular weight is 588 g/mol. The number of thiazole rings is 1. The van der Waals surface area contributed by atoms with Crippen LogP contribution in [-0.2, 0) is 33.4 Å². The topological polar surface area (TPSA) is 167 Å². The zero-order chi connectivity index (χ0) is 25.9. The third-order valence-electron chi connectivity index (χ3n) is 4.42. The summed E-state index contributed by atoms with van der Waals surface area (Å²) in [6.07, 6.45) is -2.39. The molecular formula is C18H17Cl3N4O8S2. The molecule has 190 valence electrons. The van der Waals surface area contributed by atoms with Crippen LogP contribution in [0.3, 0.4) is 0 Å². The van der Waals surface area contributed by atoms with Crippen LogP contribution in [0.15, 0.2) is 16.7 Å². The van der Waals surface area contributed by atoms with E-state index in [0.717, 1.165) is 11.3 Å². The van der Waals surface area contributed by atoms with E-state index in [1.165, 1.54) is 29.0 Å². The lowest BCUT2D eigenvalue weighted by Gasteiger charge is -2.44. The molecule has 17 heteroatoms. The molecule has 35 heavy (non-hydrogen) atoms. The first-order valence-electron chi connectivity index (χ1n) is 9.61. The largest absolute Gasteiger partial charge is 0.461 e. The highest BCUT2D eigenvalue weighted by atomic mass is 35.6. The van der Waals surface area contributed by atoms with E-state index in [9.17, 15) is 24.0 Å². The SMILES string of the molecule is CC(=O)OCC1=C(C(=O)OC(C(N)=O)c2csc(NC(=O)OCC(Cl)(Cl)Cl)n2)N2C(=O)C[C@H]2SC1. The van der Waals surface area contributed by atoms with Crippen LogP contribution in [0.2, 0.25) is 0 Å². The summed E-state index contributed by atoms with van der Waals surface area (Å²) < 4.78 is 13.2. The van der Waals surface area contributed by atoms with Crippen molar-refractivity contribution in [3.8, 4) is 0 Å². The molecule has 0 saturated carbocycles. The lowest BCUT2D eigenvalue weighted by atomic mass is 10.1. The Morgan fingerprint density at radius 3 is 2.63 bits per heavy atom. The van der Waals surface area contributed by atoms with Crippen LogP contribution in [0.5, 0.6) is 0 Å². The number of ether oxygens (including phenoxy) is 3. The first kappa shape index (κ1) is 27.3. The Balaban J connectivity index is 1.75. The number of nitrogens with one attached hydrogen (secondary N) is 1. The molecule has 3 rings (SSSR count). The van der Waals surface area contributed by atoms with Crippen molar-refractivity contribution in [1.82, 2.24) is 9.88 Å². The number of fused-ring (bicyclic) bond motifs is 1. The van der Waals surface area contributed by atoms with Crippen LogP contribution in [0, 0.1) is 0 Å². The second-order valence-electron chi connectivity index (χ2n) is 7.05. The molecular weight excluding hydrogens is 571 g/mol. The highest BCUT2D eigenvalue weighted by Crippen LogP contribution is 2.41. The Morgan fingerprint density at radius 2 is 2.03 bits per heavy atom. The summed E-state index contributed by atoms with van der Waals surface area (Å²) in [5.41, 5.74) is 5.57. The van der Waals surface area contributed by atoms with Gasteiger partial charge in [-0.1, -0.05) is 34.8 Å². The predicted molar refractivity (Wildman–Crippen MR) is 127 cm³/mol. The number of rotatable bonds is 8. The molecule has 2 atom stereocenters. The van der Waals surface area contributed by atoms with Crippen molar-refractivity contribution in [2.24, 2.45) is 5.73 Å². The van der Waals surface area contributed by atoms with Gasteiger partial charge in [0, 0.05) is 23.6 Å².